The number of halogens is 1. The summed E-state index contributed by atoms with van der Waals surface area (Å²) in [6.07, 6.45) is 5.63. The Morgan fingerprint density at radius 2 is 1.38 bits per heavy atom. The van der Waals surface area contributed by atoms with Crippen molar-refractivity contribution in [3.8, 4) is 45.5 Å². The molecule has 9 heteroatoms. The van der Waals surface area contributed by atoms with E-state index < -0.39 is 0 Å². The summed E-state index contributed by atoms with van der Waals surface area (Å²) in [5, 5.41) is 0. The highest BCUT2D eigenvalue weighted by molar-refractivity contribution is 5.69. The minimum Gasteiger partial charge on any atom is -0.497 e. The largest absolute Gasteiger partial charge is 0.497 e. The Balaban J connectivity index is 1.18. The van der Waals surface area contributed by atoms with Crippen LogP contribution in [-0.4, -0.2) is 62.4 Å². The molecule has 3 aromatic carbocycles. The number of piperidine rings is 1. The molecular formula is C39H41FN4O4. The van der Waals surface area contributed by atoms with Crippen LogP contribution in [0.25, 0.3) is 22.5 Å². The summed E-state index contributed by atoms with van der Waals surface area (Å²) in [6.45, 7) is 3.42. The molecule has 0 atom stereocenters. The van der Waals surface area contributed by atoms with Crippen molar-refractivity contribution in [1.29, 1.82) is 0 Å². The van der Waals surface area contributed by atoms with E-state index in [1.165, 1.54) is 11.6 Å². The Hall–Kier alpha value is -5.15. The Labute approximate surface area is 281 Å². The fourth-order valence-corrected chi connectivity index (χ4v) is 6.40. The lowest BCUT2D eigenvalue weighted by atomic mass is 10.00. The van der Waals surface area contributed by atoms with Gasteiger partial charge in [0.25, 0.3) is 0 Å². The first kappa shape index (κ1) is 32.8. The van der Waals surface area contributed by atoms with Crippen LogP contribution in [0.5, 0.6) is 23.0 Å². The van der Waals surface area contributed by atoms with Crippen molar-refractivity contribution in [3.05, 3.63) is 114 Å². The van der Waals surface area contributed by atoms with Gasteiger partial charge in [0.1, 0.15) is 11.6 Å². The SMILES string of the molecule is COc1ccc(N(Cc2ccnc(-c3ccccc3F)c2)C2CCN(Cc3ccnc(-c4cc(OC)c(OC)c(OC)c4)c3)CC2)cc1. The van der Waals surface area contributed by atoms with Crippen LogP contribution in [0.2, 0.25) is 0 Å². The zero-order valence-electron chi connectivity index (χ0n) is 27.9. The number of methoxy groups -OCH3 is 4. The van der Waals surface area contributed by atoms with Crippen LogP contribution in [0.15, 0.2) is 97.3 Å². The number of nitrogens with zero attached hydrogens (tertiary/aromatic N) is 4. The third-order valence-corrected chi connectivity index (χ3v) is 8.92. The maximum absolute atomic E-state index is 14.6. The normalized spacial score (nSPS) is 13.6. The highest BCUT2D eigenvalue weighted by Gasteiger charge is 2.26. The second kappa shape index (κ2) is 15.2. The van der Waals surface area contributed by atoms with Crippen molar-refractivity contribution >= 4 is 5.69 Å². The fourth-order valence-electron chi connectivity index (χ4n) is 6.40. The number of pyridine rings is 2. The molecular weight excluding hydrogens is 607 g/mol. The first-order valence-electron chi connectivity index (χ1n) is 16.1. The first-order valence-corrected chi connectivity index (χ1v) is 16.1. The van der Waals surface area contributed by atoms with Gasteiger partial charge in [0, 0.05) is 61.4 Å². The number of hydrogen-bond donors (Lipinski definition) is 0. The molecule has 0 N–H and O–H groups in total. The predicted octanol–water partition coefficient (Wildman–Crippen LogP) is 7.66. The molecule has 0 unspecified atom stereocenters. The average Bonchev–Trinajstić information content (AvgIpc) is 3.14. The fraction of sp³-hybridized carbons (Fsp3) is 0.282. The monoisotopic (exact) mass is 648 g/mol. The molecule has 5 aromatic rings. The molecule has 248 valence electrons. The van der Waals surface area contributed by atoms with Crippen LogP contribution in [0.4, 0.5) is 10.1 Å². The van der Waals surface area contributed by atoms with E-state index in [0.29, 0.717) is 41.1 Å². The quantitative estimate of drug-likeness (QED) is 0.137. The summed E-state index contributed by atoms with van der Waals surface area (Å²) in [4.78, 5) is 14.1. The van der Waals surface area contributed by atoms with Crippen molar-refractivity contribution < 1.29 is 23.3 Å². The summed E-state index contributed by atoms with van der Waals surface area (Å²) in [6, 6.07) is 27.4. The van der Waals surface area contributed by atoms with Crippen LogP contribution < -0.4 is 23.8 Å². The molecule has 0 amide bonds. The summed E-state index contributed by atoms with van der Waals surface area (Å²) in [5.74, 6) is 2.30. The number of aromatic nitrogens is 2. The van der Waals surface area contributed by atoms with Gasteiger partial charge in [-0.25, -0.2) is 4.39 Å². The van der Waals surface area contributed by atoms with E-state index >= 15 is 0 Å². The van der Waals surface area contributed by atoms with E-state index in [9.17, 15) is 4.39 Å². The molecule has 48 heavy (non-hydrogen) atoms. The van der Waals surface area contributed by atoms with Gasteiger partial charge in [-0.05, 0) is 96.8 Å². The number of benzene rings is 3. The van der Waals surface area contributed by atoms with Crippen LogP contribution in [0, 0.1) is 5.82 Å². The molecule has 6 rings (SSSR count). The molecule has 1 aliphatic rings. The van der Waals surface area contributed by atoms with Gasteiger partial charge in [-0.15, -0.1) is 0 Å². The second-order valence-corrected chi connectivity index (χ2v) is 11.8. The Kier molecular flexibility index (Phi) is 10.4. The highest BCUT2D eigenvalue weighted by Crippen LogP contribution is 2.41. The number of rotatable bonds is 12. The van der Waals surface area contributed by atoms with Crippen molar-refractivity contribution in [3.63, 3.8) is 0 Å². The predicted molar refractivity (Wildman–Crippen MR) is 186 cm³/mol. The van der Waals surface area contributed by atoms with E-state index in [1.807, 2.05) is 48.7 Å². The molecule has 8 nitrogen and oxygen atoms in total. The zero-order chi connectivity index (χ0) is 33.5. The van der Waals surface area contributed by atoms with Crippen LogP contribution >= 0.6 is 0 Å². The van der Waals surface area contributed by atoms with Gasteiger partial charge in [-0.2, -0.15) is 0 Å². The maximum atomic E-state index is 14.6. The minimum atomic E-state index is -0.272. The van der Waals surface area contributed by atoms with E-state index in [2.05, 4.69) is 44.0 Å². The van der Waals surface area contributed by atoms with Crippen LogP contribution in [0.1, 0.15) is 24.0 Å². The third kappa shape index (κ3) is 7.37. The molecule has 1 saturated heterocycles. The molecule has 3 heterocycles. The van der Waals surface area contributed by atoms with Gasteiger partial charge in [0.2, 0.25) is 5.75 Å². The van der Waals surface area contributed by atoms with Gasteiger partial charge >= 0.3 is 0 Å². The third-order valence-electron chi connectivity index (χ3n) is 8.92. The summed E-state index contributed by atoms with van der Waals surface area (Å²) in [5.41, 5.74) is 6.29. The van der Waals surface area contributed by atoms with E-state index in [0.717, 1.165) is 60.7 Å². The molecule has 0 saturated carbocycles. The summed E-state index contributed by atoms with van der Waals surface area (Å²) in [7, 11) is 6.51. The lowest BCUT2D eigenvalue weighted by molar-refractivity contribution is 0.201. The Morgan fingerprint density at radius 3 is 2.02 bits per heavy atom. The average molecular weight is 649 g/mol. The van der Waals surface area contributed by atoms with Gasteiger partial charge in [0.05, 0.1) is 39.8 Å². The topological polar surface area (TPSA) is 69.2 Å². The number of likely N-dealkylation sites (tertiary alicyclic amines) is 1. The molecule has 2 aromatic heterocycles. The molecule has 0 bridgehead atoms. The molecule has 1 fully saturated rings. The maximum Gasteiger partial charge on any atom is 0.203 e. The molecule has 0 radical (unpaired) electrons. The van der Waals surface area contributed by atoms with Crippen LogP contribution in [0.3, 0.4) is 0 Å². The Morgan fingerprint density at radius 1 is 0.729 bits per heavy atom. The van der Waals surface area contributed by atoms with Gasteiger partial charge in [-0.1, -0.05) is 12.1 Å². The molecule has 0 spiro atoms. The standard InChI is InChI=1S/C39H41FN4O4/c1-45-32-11-9-30(10-12-32)44(26-28-14-18-42-36(22-28)33-7-5-6-8-34(33)40)31-15-19-43(20-16-31)25-27-13-17-41-35(21-27)29-23-37(46-2)39(48-4)38(24-29)47-3/h5-14,17-18,21-24,31H,15-16,19-20,25-26H2,1-4H3. The summed E-state index contributed by atoms with van der Waals surface area (Å²) >= 11 is 0. The van der Waals surface area contributed by atoms with Gasteiger partial charge in [0.15, 0.2) is 11.5 Å². The smallest absolute Gasteiger partial charge is 0.203 e. The number of ether oxygens (including phenoxy) is 4. The van der Waals surface area contributed by atoms with Crippen molar-refractivity contribution in [1.82, 2.24) is 14.9 Å². The highest BCUT2D eigenvalue weighted by atomic mass is 19.1. The minimum absolute atomic E-state index is 0.272. The van der Waals surface area contributed by atoms with E-state index in [4.69, 9.17) is 18.9 Å². The van der Waals surface area contributed by atoms with Crippen molar-refractivity contribution in [2.75, 3.05) is 46.4 Å². The molecule has 1 aliphatic heterocycles. The van der Waals surface area contributed by atoms with Crippen molar-refractivity contribution in [2.45, 2.75) is 32.0 Å². The summed E-state index contributed by atoms with van der Waals surface area (Å²) < 4.78 is 36.7. The first-order chi connectivity index (χ1) is 23.5. The van der Waals surface area contributed by atoms with E-state index in [1.54, 1.807) is 46.8 Å². The van der Waals surface area contributed by atoms with Gasteiger partial charge in [-0.3, -0.25) is 14.9 Å². The lowest BCUT2D eigenvalue weighted by Gasteiger charge is -2.40. The van der Waals surface area contributed by atoms with E-state index in [-0.39, 0.29) is 5.82 Å². The zero-order valence-corrected chi connectivity index (χ0v) is 27.9. The Bertz CT molecular complexity index is 1800. The van der Waals surface area contributed by atoms with Gasteiger partial charge < -0.3 is 23.8 Å². The second-order valence-electron chi connectivity index (χ2n) is 11.8. The number of anilines is 1. The van der Waals surface area contributed by atoms with Crippen LogP contribution in [-0.2, 0) is 13.1 Å². The van der Waals surface area contributed by atoms with Crippen molar-refractivity contribution in [2.24, 2.45) is 0 Å². The number of hydrogen-bond acceptors (Lipinski definition) is 8. The molecule has 0 aliphatic carbocycles. The lowest BCUT2D eigenvalue weighted by Crippen LogP contribution is -2.44.